The van der Waals surface area contributed by atoms with E-state index in [2.05, 4.69) is 451 Å². The molecule has 0 fully saturated rings. The second kappa shape index (κ2) is 34.4. The Hall–Kier alpha value is -14.6. The lowest BCUT2D eigenvalue weighted by atomic mass is 9.76. The summed E-state index contributed by atoms with van der Waals surface area (Å²) in [6.07, 6.45) is 0. The van der Waals surface area contributed by atoms with Gasteiger partial charge in [0.2, 0.25) is 0 Å². The molecule has 1 heterocycles. The van der Waals surface area contributed by atoms with E-state index in [1.807, 2.05) is 36.4 Å². The van der Waals surface area contributed by atoms with Gasteiger partial charge in [0.05, 0.1) is 0 Å². The van der Waals surface area contributed by atoms with Gasteiger partial charge < -0.3 is 0 Å². The molecule has 1 aromatic heterocycles. The smallest absolute Gasteiger partial charge is 0.168 e. The molecular formula is C114H89N3. The van der Waals surface area contributed by atoms with Crippen LogP contribution >= 0.6 is 0 Å². The van der Waals surface area contributed by atoms with Gasteiger partial charge in [-0.05, 0) is 218 Å². The number of hydrogen-bond acceptors (Lipinski definition) is 2. The Morgan fingerprint density at radius 3 is 1.06 bits per heavy atom. The summed E-state index contributed by atoms with van der Waals surface area (Å²) >= 11 is 0. The quantitative estimate of drug-likeness (QED) is 0.142. The molecule has 0 saturated carbocycles. The highest BCUT2D eigenvalue weighted by Crippen LogP contribution is 2.53. The molecule has 0 spiro atoms. The Bertz CT molecular complexity index is 6840. The summed E-state index contributed by atoms with van der Waals surface area (Å²) in [5, 5.41) is 25.3. The van der Waals surface area contributed by atoms with Crippen LogP contribution in [0.25, 0.3) is 171 Å². The fourth-order valence-electron chi connectivity index (χ4n) is 16.8. The number of benzene rings is 20. The third kappa shape index (κ3) is 15.7. The van der Waals surface area contributed by atoms with Gasteiger partial charge in [0.15, 0.2) is 11.6 Å². The monoisotopic (exact) mass is 1500 g/mol. The molecule has 1 aliphatic carbocycles. The van der Waals surface area contributed by atoms with Crippen molar-refractivity contribution in [3.8, 4) is 106 Å². The van der Waals surface area contributed by atoms with E-state index in [9.17, 15) is 0 Å². The van der Waals surface area contributed by atoms with E-state index in [0.717, 1.165) is 28.5 Å². The predicted octanol–water partition coefficient (Wildman–Crippen LogP) is 31.2. The molecule has 21 aromatic rings. The summed E-state index contributed by atoms with van der Waals surface area (Å²) < 4.78 is 2.11. The number of aromatic nitrogens is 3. The first-order valence-corrected chi connectivity index (χ1v) is 40.4. The third-order valence-corrected chi connectivity index (χ3v) is 22.5. The summed E-state index contributed by atoms with van der Waals surface area (Å²) in [7, 11) is 0. The molecule has 22 rings (SSSR count). The lowest BCUT2D eigenvalue weighted by Gasteiger charge is -2.27. The van der Waals surface area contributed by atoms with Gasteiger partial charge in [-0.3, -0.25) is 4.57 Å². The first kappa shape index (κ1) is 75.1. The van der Waals surface area contributed by atoms with Crippen LogP contribution in [0.1, 0.15) is 33.4 Å². The molecule has 560 valence electrons. The number of hydrogen-bond donors (Lipinski definition) is 0. The van der Waals surface area contributed by atoms with Crippen LogP contribution in [0.2, 0.25) is 0 Å². The van der Waals surface area contributed by atoms with Crippen LogP contribution in [-0.4, -0.2) is 14.8 Å². The van der Waals surface area contributed by atoms with E-state index in [1.54, 1.807) is 0 Å². The molecule has 0 unspecified atom stereocenters. The molecule has 0 N–H and O–H groups in total. The topological polar surface area (TPSA) is 30.7 Å². The first-order chi connectivity index (χ1) is 57.6. The van der Waals surface area contributed by atoms with E-state index in [4.69, 9.17) is 0 Å². The summed E-state index contributed by atoms with van der Waals surface area (Å²) in [6, 6.07) is 152. The van der Waals surface area contributed by atoms with Gasteiger partial charge in [0, 0.05) is 16.8 Å². The molecule has 1 aliphatic rings. The van der Waals surface area contributed by atoms with E-state index >= 15 is 0 Å². The first-order valence-electron chi connectivity index (χ1n) is 40.4. The predicted molar refractivity (Wildman–Crippen MR) is 501 cm³/mol. The molecule has 3 nitrogen and oxygen atoms in total. The number of nitrogens with zero attached hydrogens (tertiary/aromatic N) is 3. The van der Waals surface area contributed by atoms with Crippen molar-refractivity contribution in [3.63, 3.8) is 0 Å². The van der Waals surface area contributed by atoms with Gasteiger partial charge in [0.25, 0.3) is 0 Å². The van der Waals surface area contributed by atoms with E-state index in [1.165, 1.54) is 176 Å². The van der Waals surface area contributed by atoms with Crippen molar-refractivity contribution in [2.45, 2.75) is 41.5 Å². The number of rotatable bonds is 8. The molecule has 20 aromatic carbocycles. The highest BCUT2D eigenvalue weighted by atomic mass is 15.3. The zero-order valence-electron chi connectivity index (χ0n) is 66.8. The Balaban J connectivity index is 0.000000107. The largest absolute Gasteiger partial charge is 0.275 e. The number of fused-ring (bicyclic) bond motifs is 5. The summed E-state index contributed by atoms with van der Waals surface area (Å²) in [5.74, 6) is 1.69. The van der Waals surface area contributed by atoms with Crippen molar-refractivity contribution >= 4 is 64.6 Å². The average Bonchev–Trinajstić information content (AvgIpc) is 0.945. The van der Waals surface area contributed by atoms with Gasteiger partial charge >= 0.3 is 0 Å². The highest BCUT2D eigenvalue weighted by Gasteiger charge is 2.27. The minimum atomic E-state index is 0.845. The fraction of sp³-hybridized carbons (Fsp3) is 0.0526. The van der Waals surface area contributed by atoms with E-state index < -0.39 is 0 Å². The van der Waals surface area contributed by atoms with Crippen LogP contribution in [0, 0.1) is 41.5 Å². The van der Waals surface area contributed by atoms with Crippen molar-refractivity contribution in [2.24, 2.45) is 0 Å². The Kier molecular flexibility index (Phi) is 22.0. The Morgan fingerprint density at radius 1 is 0.188 bits per heavy atom. The van der Waals surface area contributed by atoms with Crippen molar-refractivity contribution in [2.75, 3.05) is 0 Å². The van der Waals surface area contributed by atoms with Crippen LogP contribution in [0.3, 0.4) is 0 Å². The number of para-hydroxylation sites is 1. The Labute approximate surface area is 686 Å². The molecule has 0 radical (unpaired) electrons. The zero-order chi connectivity index (χ0) is 79.6. The maximum absolute atomic E-state index is 4.48. The van der Waals surface area contributed by atoms with Crippen LogP contribution in [0.4, 0.5) is 0 Å². The molecule has 0 atom stereocenters. The minimum absolute atomic E-state index is 0.845. The van der Waals surface area contributed by atoms with Crippen LogP contribution < -0.4 is 0 Å². The third-order valence-electron chi connectivity index (χ3n) is 22.5. The van der Waals surface area contributed by atoms with Gasteiger partial charge in [0.1, 0.15) is 0 Å². The van der Waals surface area contributed by atoms with Crippen molar-refractivity contribution < 1.29 is 0 Å². The molecule has 3 heteroatoms. The highest BCUT2D eigenvalue weighted by molar-refractivity contribution is 6.23. The van der Waals surface area contributed by atoms with Crippen LogP contribution in [-0.2, 0) is 0 Å². The van der Waals surface area contributed by atoms with Gasteiger partial charge in [-0.15, -0.1) is 10.2 Å². The summed E-state index contributed by atoms with van der Waals surface area (Å²) in [4.78, 5) is 0. The van der Waals surface area contributed by atoms with Gasteiger partial charge in [-0.2, -0.15) is 0 Å². The average molecular weight is 1500 g/mol. The maximum Gasteiger partial charge on any atom is 0.168 e. The van der Waals surface area contributed by atoms with E-state index in [-0.39, 0.29) is 0 Å². The Morgan fingerprint density at radius 2 is 0.521 bits per heavy atom. The molecule has 0 amide bonds. The zero-order valence-corrected chi connectivity index (χ0v) is 66.8. The minimum Gasteiger partial charge on any atom is -0.275 e. The lowest BCUT2D eigenvalue weighted by molar-refractivity contribution is 1.07. The summed E-state index contributed by atoms with van der Waals surface area (Å²) in [5.41, 5.74) is 29.1. The summed E-state index contributed by atoms with van der Waals surface area (Å²) in [6.45, 7) is 13.0. The van der Waals surface area contributed by atoms with E-state index in [0.29, 0.717) is 0 Å². The maximum atomic E-state index is 4.48. The van der Waals surface area contributed by atoms with Crippen LogP contribution in [0.15, 0.2) is 431 Å². The lowest BCUT2D eigenvalue weighted by Crippen LogP contribution is -2.01. The second-order valence-corrected chi connectivity index (χ2v) is 30.2. The normalized spacial score (nSPS) is 11.0. The molecule has 0 aliphatic heterocycles. The fourth-order valence-corrected chi connectivity index (χ4v) is 16.8. The molecule has 0 saturated heterocycles. The molecule has 117 heavy (non-hydrogen) atoms. The molecule has 0 bridgehead atoms. The van der Waals surface area contributed by atoms with Gasteiger partial charge in [-0.25, -0.2) is 0 Å². The van der Waals surface area contributed by atoms with Gasteiger partial charge in [-0.1, -0.05) is 430 Å². The standard InChI is InChI=1S/C37H28.C21H17N3.2C17H12.2C11H10/c1-27-33(28-17-7-2-8-18-28)35(30-21-11-4-12-22-30)37(32-25-15-6-16-26-32)36(31-23-13-5-14-24-31)34(27)29-19-9-3-10-20-29;1-16-12-14-18(15-13-16)21-23-22-20(17-8-4-2-5-9-17)24(21)19-10-6-3-7-11-19;1-11-9-10-16-14-6-3-2-5-13(14)15-8-4-7-12(11)17(15)16;1-11-5-6-14-8-7-12-3-2-4-13-9-10-15(11)17(14)16(12)13;1-9-5-4-7-10-6-2-3-8-11(9)10;1-9-6-7-10-4-2-3-5-11(10)8-9/h2-26H,1H3;2-15H,1H3;2*2-10H,1H3;2*2-8H,1H3. The van der Waals surface area contributed by atoms with Crippen molar-refractivity contribution in [3.05, 3.63) is 464 Å². The van der Waals surface area contributed by atoms with Crippen molar-refractivity contribution in [1.29, 1.82) is 0 Å². The van der Waals surface area contributed by atoms with Crippen molar-refractivity contribution in [1.82, 2.24) is 14.8 Å². The van der Waals surface area contributed by atoms with Crippen LogP contribution in [0.5, 0.6) is 0 Å². The molecular weight excluding hydrogens is 1410 g/mol. The SMILES string of the molecule is Cc1c(-c2ccccc2)c(-c2ccccc2)c(-c2ccccc2)c(-c2ccccc2)c1-c1ccccc1.Cc1ccc(-c2nnc(-c3ccccc3)n2-c2ccccc2)cc1.Cc1ccc2c3c(cccc13)-c1ccccc1-2.Cc1ccc2ccc3cccc4ccc1c2c34.Cc1ccc2ccccc2c1.Cc1cccc2ccccc12. The number of aryl methyl sites for hydroxylation is 5. The second-order valence-electron chi connectivity index (χ2n) is 30.2.